The third-order valence-corrected chi connectivity index (χ3v) is 2.96. The van der Waals surface area contributed by atoms with Gasteiger partial charge in [0.1, 0.15) is 10.8 Å². The molecular formula is C12H11NO2S. The number of aryl methyl sites for hydroxylation is 1. The van der Waals surface area contributed by atoms with Gasteiger partial charge in [-0.05, 0) is 30.0 Å². The van der Waals surface area contributed by atoms with Crippen molar-refractivity contribution < 1.29 is 9.53 Å². The third kappa shape index (κ3) is 2.06. The van der Waals surface area contributed by atoms with Crippen molar-refractivity contribution in [3.63, 3.8) is 0 Å². The minimum Gasteiger partial charge on any atom is -0.423 e. The van der Waals surface area contributed by atoms with Crippen LogP contribution in [0.1, 0.15) is 15.9 Å². The number of thiophene rings is 1. The molecule has 16 heavy (non-hydrogen) atoms. The van der Waals surface area contributed by atoms with Gasteiger partial charge in [0, 0.05) is 0 Å². The first kappa shape index (κ1) is 10.7. The van der Waals surface area contributed by atoms with Gasteiger partial charge in [0.2, 0.25) is 0 Å². The van der Waals surface area contributed by atoms with E-state index < -0.39 is 5.97 Å². The van der Waals surface area contributed by atoms with Crippen LogP contribution in [0, 0.1) is 6.92 Å². The molecule has 1 heterocycles. The summed E-state index contributed by atoms with van der Waals surface area (Å²) in [5, 5.41) is 2.25. The first-order valence-corrected chi connectivity index (χ1v) is 5.67. The van der Waals surface area contributed by atoms with Crippen LogP contribution >= 0.6 is 11.3 Å². The summed E-state index contributed by atoms with van der Waals surface area (Å²) in [7, 11) is 0. The van der Waals surface area contributed by atoms with Crippen LogP contribution < -0.4 is 10.5 Å². The molecule has 0 spiro atoms. The van der Waals surface area contributed by atoms with E-state index in [2.05, 4.69) is 0 Å². The fraction of sp³-hybridized carbons (Fsp3) is 0.0833. The zero-order chi connectivity index (χ0) is 11.5. The van der Waals surface area contributed by atoms with E-state index in [9.17, 15) is 4.79 Å². The van der Waals surface area contributed by atoms with Gasteiger partial charge in [0.25, 0.3) is 0 Å². The van der Waals surface area contributed by atoms with Crippen LogP contribution in [0.25, 0.3) is 0 Å². The lowest BCUT2D eigenvalue weighted by molar-refractivity contribution is 0.0735. The van der Waals surface area contributed by atoms with Crippen LogP contribution in [0.2, 0.25) is 0 Å². The van der Waals surface area contributed by atoms with E-state index in [1.807, 2.05) is 25.1 Å². The molecule has 0 atom stereocenters. The van der Waals surface area contributed by atoms with Crippen LogP contribution in [0.3, 0.4) is 0 Å². The number of carbonyl (C=O) groups is 1. The van der Waals surface area contributed by atoms with Crippen LogP contribution in [-0.4, -0.2) is 5.97 Å². The molecule has 0 aliphatic rings. The molecule has 0 radical (unpaired) electrons. The topological polar surface area (TPSA) is 52.3 Å². The Labute approximate surface area is 97.5 Å². The minimum absolute atomic E-state index is 0.409. The van der Waals surface area contributed by atoms with Gasteiger partial charge in [-0.3, -0.25) is 0 Å². The van der Waals surface area contributed by atoms with Crippen LogP contribution in [0.5, 0.6) is 5.75 Å². The van der Waals surface area contributed by atoms with Gasteiger partial charge in [0.15, 0.2) is 0 Å². The average Bonchev–Trinajstić information content (AvgIpc) is 2.68. The smallest absolute Gasteiger partial charge is 0.346 e. The van der Waals surface area contributed by atoms with Crippen molar-refractivity contribution in [2.24, 2.45) is 0 Å². The second-order valence-electron chi connectivity index (χ2n) is 3.35. The van der Waals surface area contributed by atoms with Crippen molar-refractivity contribution in [3.05, 3.63) is 46.8 Å². The maximum Gasteiger partial charge on any atom is 0.346 e. The molecule has 82 valence electrons. The molecular weight excluding hydrogens is 222 g/mol. The molecule has 0 aliphatic heterocycles. The van der Waals surface area contributed by atoms with Gasteiger partial charge < -0.3 is 10.5 Å². The van der Waals surface area contributed by atoms with Crippen molar-refractivity contribution in [2.75, 3.05) is 5.73 Å². The number of nitrogens with two attached hydrogens (primary N) is 1. The van der Waals surface area contributed by atoms with E-state index in [0.717, 1.165) is 5.56 Å². The minimum atomic E-state index is -0.409. The van der Waals surface area contributed by atoms with Crippen molar-refractivity contribution in [1.29, 1.82) is 0 Å². The predicted molar refractivity (Wildman–Crippen MR) is 64.9 cm³/mol. The highest BCUT2D eigenvalue weighted by Gasteiger charge is 2.13. The van der Waals surface area contributed by atoms with Gasteiger partial charge in [-0.2, -0.15) is 0 Å². The summed E-state index contributed by atoms with van der Waals surface area (Å²) < 4.78 is 5.26. The highest BCUT2D eigenvalue weighted by molar-refractivity contribution is 7.14. The van der Waals surface area contributed by atoms with Crippen molar-refractivity contribution >= 4 is 22.3 Å². The molecule has 1 aromatic heterocycles. The first-order chi connectivity index (χ1) is 7.68. The fourth-order valence-electron chi connectivity index (χ4n) is 1.32. The lowest BCUT2D eigenvalue weighted by atomic mass is 10.2. The molecule has 0 amide bonds. The summed E-state index contributed by atoms with van der Waals surface area (Å²) in [4.78, 5) is 11.8. The number of rotatable bonds is 2. The highest BCUT2D eigenvalue weighted by Crippen LogP contribution is 2.23. The number of anilines is 1. The molecule has 2 N–H and O–H groups in total. The summed E-state index contributed by atoms with van der Waals surface area (Å²) in [6.45, 7) is 1.89. The Morgan fingerprint density at radius 3 is 2.69 bits per heavy atom. The van der Waals surface area contributed by atoms with Gasteiger partial charge in [-0.15, -0.1) is 11.3 Å². The Balaban J connectivity index is 2.21. The van der Waals surface area contributed by atoms with Crippen LogP contribution in [0.15, 0.2) is 35.7 Å². The zero-order valence-corrected chi connectivity index (χ0v) is 9.58. The largest absolute Gasteiger partial charge is 0.423 e. The number of hydrogen-bond donors (Lipinski definition) is 1. The molecule has 0 unspecified atom stereocenters. The number of nitrogen functional groups attached to an aromatic ring is 1. The van der Waals surface area contributed by atoms with Crippen molar-refractivity contribution in [1.82, 2.24) is 0 Å². The summed E-state index contributed by atoms with van der Waals surface area (Å²) in [6, 6.07) is 9.04. The lowest BCUT2D eigenvalue weighted by Gasteiger charge is -2.06. The molecule has 4 heteroatoms. The molecule has 0 aliphatic carbocycles. The number of esters is 1. The third-order valence-electron chi connectivity index (χ3n) is 2.21. The van der Waals surface area contributed by atoms with E-state index in [4.69, 9.17) is 10.5 Å². The Kier molecular flexibility index (Phi) is 2.92. The summed E-state index contributed by atoms with van der Waals surface area (Å²) in [5.41, 5.74) is 7.00. The average molecular weight is 233 g/mol. The SMILES string of the molecule is Cc1ccccc1OC(=O)c1ccsc1N. The molecule has 0 bridgehead atoms. The van der Waals surface area contributed by atoms with Crippen LogP contribution in [-0.2, 0) is 0 Å². The van der Waals surface area contributed by atoms with E-state index in [-0.39, 0.29) is 0 Å². The van der Waals surface area contributed by atoms with E-state index in [1.165, 1.54) is 11.3 Å². The van der Waals surface area contributed by atoms with E-state index in [0.29, 0.717) is 16.3 Å². The number of ether oxygens (including phenoxy) is 1. The number of benzene rings is 1. The van der Waals surface area contributed by atoms with Gasteiger partial charge >= 0.3 is 5.97 Å². The molecule has 1 aromatic carbocycles. The van der Waals surface area contributed by atoms with Crippen molar-refractivity contribution in [3.8, 4) is 5.75 Å². The molecule has 2 aromatic rings. The summed E-state index contributed by atoms with van der Waals surface area (Å²) in [5.74, 6) is 0.158. The summed E-state index contributed by atoms with van der Waals surface area (Å²) >= 11 is 1.32. The normalized spacial score (nSPS) is 10.1. The number of hydrogen-bond acceptors (Lipinski definition) is 4. The van der Waals surface area contributed by atoms with E-state index >= 15 is 0 Å². The first-order valence-electron chi connectivity index (χ1n) is 4.79. The molecule has 0 saturated carbocycles. The number of para-hydroxylation sites is 1. The molecule has 2 rings (SSSR count). The maximum absolute atomic E-state index is 11.8. The van der Waals surface area contributed by atoms with Crippen LogP contribution in [0.4, 0.5) is 5.00 Å². The molecule has 0 saturated heterocycles. The van der Waals surface area contributed by atoms with Gasteiger partial charge in [0.05, 0.1) is 5.56 Å². The Hall–Kier alpha value is -1.81. The Morgan fingerprint density at radius 2 is 2.06 bits per heavy atom. The number of carbonyl (C=O) groups excluding carboxylic acids is 1. The van der Waals surface area contributed by atoms with Gasteiger partial charge in [-0.1, -0.05) is 18.2 Å². The zero-order valence-electron chi connectivity index (χ0n) is 8.77. The van der Waals surface area contributed by atoms with Gasteiger partial charge in [-0.25, -0.2) is 4.79 Å². The standard InChI is InChI=1S/C12H11NO2S/c1-8-4-2-3-5-10(8)15-12(14)9-6-7-16-11(9)13/h2-7H,13H2,1H3. The maximum atomic E-state index is 11.8. The van der Waals surface area contributed by atoms with Crippen molar-refractivity contribution in [2.45, 2.75) is 6.92 Å². The quantitative estimate of drug-likeness (QED) is 0.641. The second kappa shape index (κ2) is 4.37. The second-order valence-corrected chi connectivity index (χ2v) is 4.30. The highest BCUT2D eigenvalue weighted by atomic mass is 32.1. The Morgan fingerprint density at radius 1 is 1.31 bits per heavy atom. The Bertz CT molecular complexity index is 519. The molecule has 3 nitrogen and oxygen atoms in total. The molecule has 0 fully saturated rings. The fourth-order valence-corrected chi connectivity index (χ4v) is 1.94. The van der Waals surface area contributed by atoms with E-state index in [1.54, 1.807) is 17.5 Å². The summed E-state index contributed by atoms with van der Waals surface area (Å²) in [6.07, 6.45) is 0. The predicted octanol–water partition coefficient (Wildman–Crippen LogP) is 2.86. The lowest BCUT2D eigenvalue weighted by Crippen LogP contribution is -2.09. The monoisotopic (exact) mass is 233 g/mol.